The number of rotatable bonds is 7. The van der Waals surface area contributed by atoms with Crippen molar-refractivity contribution in [2.45, 2.75) is 0 Å². The first-order valence-corrected chi connectivity index (χ1v) is 16.7. The van der Waals surface area contributed by atoms with E-state index in [0.717, 1.165) is 56.0 Å². The van der Waals surface area contributed by atoms with E-state index < -0.39 is 0 Å². The van der Waals surface area contributed by atoms with Crippen molar-refractivity contribution < 1.29 is 0 Å². The highest BCUT2D eigenvalue weighted by Crippen LogP contribution is 2.45. The van der Waals surface area contributed by atoms with E-state index in [1.807, 2.05) is 24.3 Å². The van der Waals surface area contributed by atoms with Gasteiger partial charge in [-0.3, -0.25) is 0 Å². The summed E-state index contributed by atoms with van der Waals surface area (Å²) in [5.41, 5.74) is 7.97. The van der Waals surface area contributed by atoms with Crippen LogP contribution >= 0.6 is 23.2 Å². The van der Waals surface area contributed by atoms with Crippen LogP contribution in [0.15, 0.2) is 182 Å². The van der Waals surface area contributed by atoms with Crippen molar-refractivity contribution >= 4 is 78.9 Å². The van der Waals surface area contributed by atoms with E-state index in [4.69, 9.17) is 23.2 Å². The Balaban J connectivity index is 1.21. The molecule has 0 aromatic heterocycles. The van der Waals surface area contributed by atoms with Gasteiger partial charge in [-0.25, -0.2) is 0 Å². The Hall–Kier alpha value is -5.54. The number of fused-ring (bicyclic) bond motifs is 2. The maximum absolute atomic E-state index is 7.18. The maximum Gasteiger partial charge on any atom is 0.0652 e. The Bertz CT molecular complexity index is 2210. The molecule has 0 heterocycles. The molecule has 230 valence electrons. The van der Waals surface area contributed by atoms with E-state index in [1.165, 1.54) is 10.8 Å². The molecule has 0 saturated heterocycles. The highest BCUT2D eigenvalue weighted by molar-refractivity contribution is 6.35. The van der Waals surface area contributed by atoms with E-state index in [0.29, 0.717) is 10.0 Å². The summed E-state index contributed by atoms with van der Waals surface area (Å²) in [4.78, 5) is 4.46. The van der Waals surface area contributed by atoms with Gasteiger partial charge in [0.05, 0.1) is 32.8 Å². The third-order valence-electron chi connectivity index (χ3n) is 8.75. The second-order valence-electron chi connectivity index (χ2n) is 11.7. The molecule has 0 aliphatic rings. The minimum atomic E-state index is 0.645. The maximum atomic E-state index is 7.18. The number of hydrogen-bond acceptors (Lipinski definition) is 2. The molecule has 0 aliphatic heterocycles. The van der Waals surface area contributed by atoms with E-state index >= 15 is 0 Å². The SMILES string of the molecule is Clc1cc(-c2ccc(N(c3ccccc3)c3cccc4ccccc34)c(Cl)c2)ccc1N(c1ccccc1)c1cccc2ccccc12. The minimum absolute atomic E-state index is 0.645. The van der Waals surface area contributed by atoms with Gasteiger partial charge in [-0.2, -0.15) is 0 Å². The summed E-state index contributed by atoms with van der Waals surface area (Å²) < 4.78 is 0. The van der Waals surface area contributed by atoms with Crippen molar-refractivity contribution in [1.82, 2.24) is 0 Å². The molecule has 8 aromatic carbocycles. The fraction of sp³-hybridized carbons (Fsp3) is 0. The van der Waals surface area contributed by atoms with Crippen LogP contribution in [0.3, 0.4) is 0 Å². The zero-order valence-corrected chi connectivity index (χ0v) is 27.5. The third kappa shape index (κ3) is 5.56. The second-order valence-corrected chi connectivity index (χ2v) is 12.5. The molecule has 0 amide bonds. The Morgan fingerprint density at radius 2 is 0.688 bits per heavy atom. The number of anilines is 6. The van der Waals surface area contributed by atoms with Crippen LogP contribution in [0, 0.1) is 0 Å². The fourth-order valence-corrected chi connectivity index (χ4v) is 7.04. The molecule has 8 aromatic rings. The molecule has 0 bridgehead atoms. The van der Waals surface area contributed by atoms with E-state index in [-0.39, 0.29) is 0 Å². The third-order valence-corrected chi connectivity index (χ3v) is 9.36. The Labute approximate surface area is 290 Å². The Morgan fingerprint density at radius 1 is 0.312 bits per heavy atom. The molecule has 0 N–H and O–H groups in total. The summed E-state index contributed by atoms with van der Waals surface area (Å²) in [7, 11) is 0. The Morgan fingerprint density at radius 3 is 1.10 bits per heavy atom. The molecule has 8 rings (SSSR count). The molecule has 48 heavy (non-hydrogen) atoms. The van der Waals surface area contributed by atoms with Gasteiger partial charge in [-0.05, 0) is 82.6 Å². The number of hydrogen-bond donors (Lipinski definition) is 0. The first-order valence-electron chi connectivity index (χ1n) is 15.9. The molecule has 0 atom stereocenters. The summed E-state index contributed by atoms with van der Waals surface area (Å²) in [5.74, 6) is 0. The quantitative estimate of drug-likeness (QED) is 0.168. The van der Waals surface area contributed by atoms with E-state index in [1.54, 1.807) is 0 Å². The summed E-state index contributed by atoms with van der Waals surface area (Å²) in [6.45, 7) is 0. The number of halogens is 2. The summed E-state index contributed by atoms with van der Waals surface area (Å²) in [5, 5.41) is 5.94. The summed E-state index contributed by atoms with van der Waals surface area (Å²) in [6, 6.07) is 62.8. The van der Waals surface area contributed by atoms with Gasteiger partial charge in [0.1, 0.15) is 0 Å². The van der Waals surface area contributed by atoms with Crippen LogP contribution in [-0.4, -0.2) is 0 Å². The number of nitrogens with zero attached hydrogens (tertiary/aromatic N) is 2. The first-order chi connectivity index (χ1) is 23.7. The summed E-state index contributed by atoms with van der Waals surface area (Å²) in [6.07, 6.45) is 0. The molecule has 4 heteroatoms. The number of para-hydroxylation sites is 2. The zero-order valence-electron chi connectivity index (χ0n) is 26.0. The topological polar surface area (TPSA) is 6.48 Å². The monoisotopic (exact) mass is 656 g/mol. The smallest absolute Gasteiger partial charge is 0.0652 e. The van der Waals surface area contributed by atoms with Crippen LogP contribution < -0.4 is 9.80 Å². The average molecular weight is 658 g/mol. The van der Waals surface area contributed by atoms with Crippen LogP contribution in [0.25, 0.3) is 32.7 Å². The predicted octanol–water partition coefficient (Wildman–Crippen LogP) is 13.9. The lowest BCUT2D eigenvalue weighted by Gasteiger charge is -2.28. The van der Waals surface area contributed by atoms with E-state index in [9.17, 15) is 0 Å². The molecular weight excluding hydrogens is 627 g/mol. The van der Waals surface area contributed by atoms with Crippen LogP contribution in [0.5, 0.6) is 0 Å². The van der Waals surface area contributed by atoms with Crippen LogP contribution in [0.4, 0.5) is 34.1 Å². The Kier molecular flexibility index (Phi) is 8.03. The van der Waals surface area contributed by atoms with Crippen LogP contribution in [0.2, 0.25) is 10.0 Å². The summed E-state index contributed by atoms with van der Waals surface area (Å²) >= 11 is 14.4. The lowest BCUT2D eigenvalue weighted by atomic mass is 10.0. The molecule has 0 aliphatic carbocycles. The van der Waals surface area contributed by atoms with Crippen molar-refractivity contribution in [2.75, 3.05) is 9.80 Å². The lowest BCUT2D eigenvalue weighted by Crippen LogP contribution is -2.11. The molecule has 0 radical (unpaired) electrons. The van der Waals surface area contributed by atoms with Crippen molar-refractivity contribution in [3.05, 3.63) is 192 Å². The minimum Gasteiger partial charge on any atom is -0.308 e. The lowest BCUT2D eigenvalue weighted by molar-refractivity contribution is 1.29. The molecule has 0 fully saturated rings. The van der Waals surface area contributed by atoms with Gasteiger partial charge >= 0.3 is 0 Å². The normalized spacial score (nSPS) is 11.1. The van der Waals surface area contributed by atoms with Crippen molar-refractivity contribution in [3.8, 4) is 11.1 Å². The highest BCUT2D eigenvalue weighted by atomic mass is 35.5. The molecule has 0 saturated carbocycles. The van der Waals surface area contributed by atoms with Crippen LogP contribution in [-0.2, 0) is 0 Å². The zero-order chi connectivity index (χ0) is 32.5. The largest absolute Gasteiger partial charge is 0.308 e. The predicted molar refractivity (Wildman–Crippen MR) is 206 cm³/mol. The molecule has 0 unspecified atom stereocenters. The van der Waals surface area contributed by atoms with Crippen molar-refractivity contribution in [3.63, 3.8) is 0 Å². The fourth-order valence-electron chi connectivity index (χ4n) is 6.51. The van der Waals surface area contributed by atoms with Gasteiger partial charge in [-0.15, -0.1) is 0 Å². The van der Waals surface area contributed by atoms with Crippen molar-refractivity contribution in [2.24, 2.45) is 0 Å². The molecule has 2 nitrogen and oxygen atoms in total. The van der Waals surface area contributed by atoms with Gasteiger partial charge in [-0.1, -0.05) is 145 Å². The first kappa shape index (κ1) is 29.8. The molecular formula is C44H30Cl2N2. The van der Waals surface area contributed by atoms with Gasteiger partial charge in [0, 0.05) is 22.1 Å². The van der Waals surface area contributed by atoms with Gasteiger partial charge in [0.25, 0.3) is 0 Å². The molecule has 0 spiro atoms. The van der Waals surface area contributed by atoms with Gasteiger partial charge < -0.3 is 9.80 Å². The van der Waals surface area contributed by atoms with Crippen molar-refractivity contribution in [1.29, 1.82) is 0 Å². The van der Waals surface area contributed by atoms with Crippen LogP contribution in [0.1, 0.15) is 0 Å². The van der Waals surface area contributed by atoms with Gasteiger partial charge in [0.15, 0.2) is 0 Å². The standard InChI is InChI=1S/C44H30Cl2N2/c45-39-29-33(25-27-43(39)47(35-17-3-1-4-18-35)41-23-11-15-31-13-7-9-21-37(31)41)34-26-28-44(40(46)30-34)48(36-19-5-2-6-20-36)42-24-12-16-32-14-8-10-22-38(32)42/h1-30H. The highest BCUT2D eigenvalue weighted by Gasteiger charge is 2.20. The van der Waals surface area contributed by atoms with E-state index in [2.05, 4.69) is 168 Å². The average Bonchev–Trinajstić information content (AvgIpc) is 3.14. The second kappa shape index (κ2) is 12.9. The number of benzene rings is 8. The van der Waals surface area contributed by atoms with Gasteiger partial charge in [0.2, 0.25) is 0 Å².